The van der Waals surface area contributed by atoms with Gasteiger partial charge >= 0.3 is 0 Å². The molecule has 1 aliphatic rings. The Hall–Kier alpha value is -1.35. The summed E-state index contributed by atoms with van der Waals surface area (Å²) in [6, 6.07) is 10.7. The predicted octanol–water partition coefficient (Wildman–Crippen LogP) is 2.49. The highest BCUT2D eigenvalue weighted by Crippen LogP contribution is 2.25. The van der Waals surface area contributed by atoms with Crippen molar-refractivity contribution < 1.29 is 0 Å². The number of rotatable bonds is 2. The quantitative estimate of drug-likeness (QED) is 0.789. The van der Waals surface area contributed by atoms with Crippen molar-refractivity contribution in [3.8, 4) is 0 Å². The highest BCUT2D eigenvalue weighted by molar-refractivity contribution is 7.80. The SMILES string of the molecule is CN(C)C1=CC(=S)N[C@H](c2ccccc2)C1. The predicted molar refractivity (Wildman–Crippen MR) is 71.3 cm³/mol. The third-order valence-electron chi connectivity index (χ3n) is 2.80. The molecule has 1 aromatic rings. The number of hydrogen-bond donors (Lipinski definition) is 1. The fraction of sp³-hybridized carbons (Fsp3) is 0.308. The van der Waals surface area contributed by atoms with Crippen molar-refractivity contribution in [3.05, 3.63) is 47.7 Å². The molecule has 0 saturated heterocycles. The average molecular weight is 232 g/mol. The summed E-state index contributed by atoms with van der Waals surface area (Å²) in [5, 5.41) is 3.35. The molecule has 3 heteroatoms. The normalized spacial score (nSPS) is 20.0. The van der Waals surface area contributed by atoms with Gasteiger partial charge in [-0.3, -0.25) is 0 Å². The van der Waals surface area contributed by atoms with Crippen LogP contribution >= 0.6 is 12.2 Å². The molecular weight excluding hydrogens is 216 g/mol. The van der Waals surface area contributed by atoms with Crippen molar-refractivity contribution in [2.24, 2.45) is 0 Å². The van der Waals surface area contributed by atoms with E-state index < -0.39 is 0 Å². The van der Waals surface area contributed by atoms with E-state index >= 15 is 0 Å². The maximum Gasteiger partial charge on any atom is 0.101 e. The Balaban J connectivity index is 2.21. The Morgan fingerprint density at radius 3 is 2.56 bits per heavy atom. The first-order valence-electron chi connectivity index (χ1n) is 5.40. The van der Waals surface area contributed by atoms with E-state index in [0.29, 0.717) is 6.04 Å². The molecule has 84 valence electrons. The minimum atomic E-state index is 0.302. The lowest BCUT2D eigenvalue weighted by molar-refractivity contribution is 0.451. The minimum Gasteiger partial charge on any atom is -0.381 e. The molecule has 0 fully saturated rings. The Bertz CT molecular complexity index is 409. The highest BCUT2D eigenvalue weighted by Gasteiger charge is 2.19. The van der Waals surface area contributed by atoms with Gasteiger partial charge in [0.2, 0.25) is 0 Å². The molecule has 0 aromatic heterocycles. The van der Waals surface area contributed by atoms with Crippen LogP contribution < -0.4 is 5.32 Å². The topological polar surface area (TPSA) is 15.3 Å². The number of nitrogens with zero attached hydrogens (tertiary/aromatic N) is 1. The first kappa shape index (κ1) is 11.1. The number of hydrogen-bond acceptors (Lipinski definition) is 2. The molecule has 0 aliphatic carbocycles. The monoisotopic (exact) mass is 232 g/mol. The van der Waals surface area contributed by atoms with Gasteiger partial charge in [-0.2, -0.15) is 0 Å². The van der Waals surface area contributed by atoms with E-state index in [-0.39, 0.29) is 0 Å². The van der Waals surface area contributed by atoms with Crippen molar-refractivity contribution in [2.75, 3.05) is 14.1 Å². The molecule has 0 bridgehead atoms. The molecule has 1 heterocycles. The van der Waals surface area contributed by atoms with Gasteiger partial charge in [0.05, 0.1) is 6.04 Å². The zero-order valence-electron chi connectivity index (χ0n) is 9.60. The second-order valence-corrected chi connectivity index (χ2v) is 4.65. The zero-order valence-corrected chi connectivity index (χ0v) is 10.4. The molecule has 0 radical (unpaired) electrons. The largest absolute Gasteiger partial charge is 0.381 e. The van der Waals surface area contributed by atoms with E-state index in [9.17, 15) is 0 Å². The van der Waals surface area contributed by atoms with Crippen LogP contribution in [0.2, 0.25) is 0 Å². The van der Waals surface area contributed by atoms with Crippen LogP contribution in [-0.4, -0.2) is 24.0 Å². The van der Waals surface area contributed by atoms with Crippen LogP contribution in [-0.2, 0) is 0 Å². The summed E-state index contributed by atoms with van der Waals surface area (Å²) in [4.78, 5) is 2.95. The van der Waals surface area contributed by atoms with Crippen LogP contribution in [0, 0.1) is 0 Å². The van der Waals surface area contributed by atoms with Crippen molar-refractivity contribution in [1.82, 2.24) is 10.2 Å². The number of nitrogens with one attached hydrogen (secondary N) is 1. The molecule has 0 amide bonds. The van der Waals surface area contributed by atoms with E-state index in [1.807, 2.05) is 12.1 Å². The van der Waals surface area contributed by atoms with Crippen molar-refractivity contribution in [1.29, 1.82) is 0 Å². The maximum atomic E-state index is 5.26. The van der Waals surface area contributed by atoms with Crippen molar-refractivity contribution in [3.63, 3.8) is 0 Å². The molecule has 0 spiro atoms. The van der Waals surface area contributed by atoms with Gasteiger partial charge in [-0.1, -0.05) is 42.5 Å². The summed E-state index contributed by atoms with van der Waals surface area (Å²) >= 11 is 5.26. The molecule has 2 rings (SSSR count). The Morgan fingerprint density at radius 1 is 1.25 bits per heavy atom. The summed E-state index contributed by atoms with van der Waals surface area (Å²) in [6.45, 7) is 0. The lowest BCUT2D eigenvalue weighted by Crippen LogP contribution is -2.33. The van der Waals surface area contributed by atoms with Crippen LogP contribution in [0.5, 0.6) is 0 Å². The van der Waals surface area contributed by atoms with E-state index in [4.69, 9.17) is 12.2 Å². The molecule has 0 saturated carbocycles. The van der Waals surface area contributed by atoms with E-state index in [0.717, 1.165) is 11.4 Å². The van der Waals surface area contributed by atoms with Gasteiger partial charge in [0.25, 0.3) is 0 Å². The fourth-order valence-electron chi connectivity index (χ4n) is 1.88. The second-order valence-electron chi connectivity index (χ2n) is 4.21. The summed E-state index contributed by atoms with van der Waals surface area (Å²) in [5.41, 5.74) is 2.56. The Kier molecular flexibility index (Phi) is 3.25. The van der Waals surface area contributed by atoms with E-state index in [1.165, 1.54) is 11.3 Å². The van der Waals surface area contributed by atoms with Crippen molar-refractivity contribution in [2.45, 2.75) is 12.5 Å². The Labute approximate surface area is 102 Å². The third-order valence-corrected chi connectivity index (χ3v) is 3.04. The lowest BCUT2D eigenvalue weighted by atomic mass is 9.99. The van der Waals surface area contributed by atoms with Crippen LogP contribution in [0.25, 0.3) is 0 Å². The lowest BCUT2D eigenvalue weighted by Gasteiger charge is -2.29. The highest BCUT2D eigenvalue weighted by atomic mass is 32.1. The molecule has 0 unspecified atom stereocenters. The van der Waals surface area contributed by atoms with Crippen LogP contribution in [0.15, 0.2) is 42.1 Å². The van der Waals surface area contributed by atoms with Gasteiger partial charge < -0.3 is 10.2 Å². The summed E-state index contributed by atoms with van der Waals surface area (Å²) < 4.78 is 0. The molecule has 1 aromatic carbocycles. The molecule has 1 aliphatic heterocycles. The zero-order chi connectivity index (χ0) is 11.5. The van der Waals surface area contributed by atoms with Gasteiger partial charge in [0.15, 0.2) is 0 Å². The summed E-state index contributed by atoms with van der Waals surface area (Å²) in [7, 11) is 4.11. The van der Waals surface area contributed by atoms with Gasteiger partial charge in [0.1, 0.15) is 4.99 Å². The second kappa shape index (κ2) is 4.66. The molecule has 16 heavy (non-hydrogen) atoms. The first-order valence-corrected chi connectivity index (χ1v) is 5.81. The summed E-state index contributed by atoms with van der Waals surface area (Å²) in [5.74, 6) is 0. The van der Waals surface area contributed by atoms with Crippen molar-refractivity contribution >= 4 is 17.2 Å². The number of thiocarbonyl (C=S) groups is 1. The number of benzene rings is 1. The van der Waals surface area contributed by atoms with E-state index in [2.05, 4.69) is 48.6 Å². The molecular formula is C13H16N2S. The standard InChI is InChI=1S/C13H16N2S/c1-15(2)11-8-12(14-13(16)9-11)10-6-4-3-5-7-10/h3-7,9,12H,8H2,1-2H3,(H,14,16)/t12-/m0/s1. The molecule has 2 nitrogen and oxygen atoms in total. The van der Waals surface area contributed by atoms with Gasteiger partial charge in [-0.05, 0) is 11.6 Å². The van der Waals surface area contributed by atoms with Gasteiger partial charge in [0, 0.05) is 26.2 Å². The van der Waals surface area contributed by atoms with Gasteiger partial charge in [-0.15, -0.1) is 0 Å². The first-order chi connectivity index (χ1) is 7.66. The molecule has 1 atom stereocenters. The van der Waals surface area contributed by atoms with Crippen LogP contribution in [0.4, 0.5) is 0 Å². The van der Waals surface area contributed by atoms with Crippen LogP contribution in [0.3, 0.4) is 0 Å². The van der Waals surface area contributed by atoms with E-state index in [1.54, 1.807) is 0 Å². The smallest absolute Gasteiger partial charge is 0.101 e. The third kappa shape index (κ3) is 2.42. The van der Waals surface area contributed by atoms with Crippen LogP contribution in [0.1, 0.15) is 18.0 Å². The summed E-state index contributed by atoms with van der Waals surface area (Å²) in [6.07, 6.45) is 3.02. The average Bonchev–Trinajstić information content (AvgIpc) is 2.29. The Morgan fingerprint density at radius 2 is 1.94 bits per heavy atom. The molecule has 1 N–H and O–H groups in total. The van der Waals surface area contributed by atoms with Gasteiger partial charge in [-0.25, -0.2) is 0 Å². The fourth-order valence-corrected chi connectivity index (χ4v) is 2.16. The minimum absolute atomic E-state index is 0.302. The maximum absolute atomic E-state index is 5.26.